The van der Waals surface area contributed by atoms with Crippen LogP contribution in [0.5, 0.6) is 11.5 Å². The van der Waals surface area contributed by atoms with Gasteiger partial charge in [0.1, 0.15) is 11.5 Å². The normalized spacial score (nSPS) is 11.1. The van der Waals surface area contributed by atoms with Gasteiger partial charge in [0.25, 0.3) is 0 Å². The largest absolute Gasteiger partial charge is 0.507 e. The zero-order valence-corrected chi connectivity index (χ0v) is 15.7. The Bertz CT molecular complexity index is 1030. The number of carbonyl (C=O) groups excluding carboxylic acids is 2. The standard InChI is InChI=1S/C24H20O4/c1-16-8-13-20(22(25)14-16)24(27)21(23(26)18-6-4-3-5-7-18)15-17-9-11-19(28-2)12-10-17/h3-15,25H,1-2H3/b21-15-. The number of carbonyl (C=O) groups is 2. The molecule has 4 heteroatoms. The molecule has 3 aromatic rings. The van der Waals surface area contributed by atoms with Gasteiger partial charge in [0.15, 0.2) is 5.78 Å². The lowest BCUT2D eigenvalue weighted by atomic mass is 9.93. The van der Waals surface area contributed by atoms with Crippen molar-refractivity contribution in [3.05, 3.63) is 101 Å². The summed E-state index contributed by atoms with van der Waals surface area (Å²) in [6, 6.07) is 20.4. The predicted molar refractivity (Wildman–Crippen MR) is 109 cm³/mol. The summed E-state index contributed by atoms with van der Waals surface area (Å²) in [5, 5.41) is 10.2. The van der Waals surface area contributed by atoms with Crippen LogP contribution in [0.4, 0.5) is 0 Å². The SMILES string of the molecule is COc1ccc(/C=C(/C(=O)c2ccccc2)C(=O)c2ccc(C)cc2O)cc1. The fourth-order valence-electron chi connectivity index (χ4n) is 2.82. The minimum Gasteiger partial charge on any atom is -0.507 e. The average molecular weight is 372 g/mol. The van der Waals surface area contributed by atoms with Crippen LogP contribution in [0.25, 0.3) is 6.08 Å². The number of phenolic OH excluding ortho intramolecular Hbond substituents is 1. The van der Waals surface area contributed by atoms with Crippen molar-refractivity contribution in [3.63, 3.8) is 0 Å². The average Bonchev–Trinajstić information content (AvgIpc) is 2.72. The Kier molecular flexibility index (Phi) is 5.70. The fourth-order valence-corrected chi connectivity index (χ4v) is 2.82. The van der Waals surface area contributed by atoms with Crippen molar-refractivity contribution in [1.82, 2.24) is 0 Å². The summed E-state index contributed by atoms with van der Waals surface area (Å²) in [5.74, 6) is -0.398. The van der Waals surface area contributed by atoms with Crippen LogP contribution in [0, 0.1) is 6.92 Å². The number of methoxy groups -OCH3 is 1. The van der Waals surface area contributed by atoms with Crippen LogP contribution < -0.4 is 4.74 Å². The lowest BCUT2D eigenvalue weighted by Crippen LogP contribution is -2.14. The molecular weight excluding hydrogens is 352 g/mol. The zero-order valence-electron chi connectivity index (χ0n) is 15.7. The minimum absolute atomic E-state index is 0.0180. The van der Waals surface area contributed by atoms with Crippen LogP contribution in [0.2, 0.25) is 0 Å². The molecular formula is C24H20O4. The molecule has 140 valence electrons. The van der Waals surface area contributed by atoms with Gasteiger partial charge in [0.05, 0.1) is 18.2 Å². The zero-order chi connectivity index (χ0) is 20.1. The third-order valence-electron chi connectivity index (χ3n) is 4.35. The summed E-state index contributed by atoms with van der Waals surface area (Å²) in [7, 11) is 1.57. The highest BCUT2D eigenvalue weighted by Crippen LogP contribution is 2.25. The maximum Gasteiger partial charge on any atom is 0.200 e. The number of ether oxygens (including phenoxy) is 1. The summed E-state index contributed by atoms with van der Waals surface area (Å²) >= 11 is 0. The second-order valence-electron chi connectivity index (χ2n) is 6.38. The third-order valence-corrected chi connectivity index (χ3v) is 4.35. The van der Waals surface area contributed by atoms with E-state index in [2.05, 4.69) is 0 Å². The second kappa shape index (κ2) is 8.35. The minimum atomic E-state index is -0.526. The number of hydrogen-bond donors (Lipinski definition) is 1. The molecule has 28 heavy (non-hydrogen) atoms. The van der Waals surface area contributed by atoms with Crippen molar-refractivity contribution >= 4 is 17.6 Å². The van der Waals surface area contributed by atoms with Gasteiger partial charge in [-0.05, 0) is 48.4 Å². The number of Topliss-reactive ketones (excluding diaryl/α,β-unsaturated/α-hetero) is 2. The molecule has 0 saturated carbocycles. The molecule has 0 aliphatic carbocycles. The number of rotatable bonds is 6. The van der Waals surface area contributed by atoms with Gasteiger partial charge in [0.2, 0.25) is 5.78 Å². The number of benzene rings is 3. The number of aromatic hydroxyl groups is 1. The molecule has 0 radical (unpaired) electrons. The van der Waals surface area contributed by atoms with Crippen molar-refractivity contribution in [2.45, 2.75) is 6.92 Å². The van der Waals surface area contributed by atoms with Crippen LogP contribution >= 0.6 is 0 Å². The van der Waals surface area contributed by atoms with E-state index in [4.69, 9.17) is 4.74 Å². The molecule has 0 aliphatic heterocycles. The molecule has 1 N–H and O–H groups in total. The van der Waals surface area contributed by atoms with E-state index in [1.54, 1.807) is 67.8 Å². The van der Waals surface area contributed by atoms with E-state index in [0.717, 1.165) is 5.56 Å². The number of hydrogen-bond acceptors (Lipinski definition) is 4. The molecule has 0 heterocycles. The predicted octanol–water partition coefficient (Wildman–Crippen LogP) is 4.86. The Morgan fingerprint density at radius 2 is 1.57 bits per heavy atom. The van der Waals surface area contributed by atoms with Crippen molar-refractivity contribution in [2.24, 2.45) is 0 Å². The topological polar surface area (TPSA) is 63.6 Å². The van der Waals surface area contributed by atoms with E-state index in [-0.39, 0.29) is 16.9 Å². The van der Waals surface area contributed by atoms with Gasteiger partial charge in [-0.2, -0.15) is 0 Å². The summed E-state index contributed by atoms with van der Waals surface area (Å²) in [6.45, 7) is 1.82. The monoisotopic (exact) mass is 372 g/mol. The molecule has 0 spiro atoms. The first-order valence-electron chi connectivity index (χ1n) is 8.79. The molecule has 0 amide bonds. The molecule has 0 atom stereocenters. The van der Waals surface area contributed by atoms with Gasteiger partial charge in [-0.1, -0.05) is 48.5 Å². The Hall–Kier alpha value is -3.66. The molecule has 3 aromatic carbocycles. The lowest BCUT2D eigenvalue weighted by molar-refractivity contribution is 0.0963. The summed E-state index contributed by atoms with van der Waals surface area (Å²) < 4.78 is 5.15. The highest BCUT2D eigenvalue weighted by Gasteiger charge is 2.23. The quantitative estimate of drug-likeness (QED) is 0.290. The van der Waals surface area contributed by atoms with E-state index in [9.17, 15) is 14.7 Å². The number of ketones is 2. The van der Waals surface area contributed by atoms with E-state index in [0.29, 0.717) is 16.9 Å². The highest BCUT2D eigenvalue weighted by atomic mass is 16.5. The molecule has 3 rings (SSSR count). The molecule has 4 nitrogen and oxygen atoms in total. The maximum absolute atomic E-state index is 13.1. The van der Waals surface area contributed by atoms with E-state index < -0.39 is 11.6 Å². The number of phenols is 1. The Morgan fingerprint density at radius 3 is 2.18 bits per heavy atom. The Balaban J connectivity index is 2.09. The van der Waals surface area contributed by atoms with Crippen molar-refractivity contribution in [3.8, 4) is 11.5 Å². The van der Waals surface area contributed by atoms with Crippen LogP contribution in [0.3, 0.4) is 0 Å². The van der Waals surface area contributed by atoms with Gasteiger partial charge >= 0.3 is 0 Å². The summed E-state index contributed by atoms with van der Waals surface area (Å²) in [6.07, 6.45) is 1.54. The first-order valence-corrected chi connectivity index (χ1v) is 8.79. The van der Waals surface area contributed by atoms with E-state index in [1.165, 1.54) is 18.2 Å². The Morgan fingerprint density at radius 1 is 0.893 bits per heavy atom. The van der Waals surface area contributed by atoms with Crippen LogP contribution in [0.15, 0.2) is 78.4 Å². The first kappa shape index (κ1) is 19.1. The van der Waals surface area contributed by atoms with Gasteiger partial charge in [-0.15, -0.1) is 0 Å². The molecule has 0 unspecified atom stereocenters. The summed E-state index contributed by atoms with van der Waals surface area (Å²) in [5.41, 5.74) is 1.98. The molecule has 0 aliphatic rings. The van der Waals surface area contributed by atoms with Crippen molar-refractivity contribution < 1.29 is 19.4 Å². The van der Waals surface area contributed by atoms with Crippen molar-refractivity contribution in [2.75, 3.05) is 7.11 Å². The molecule has 0 aromatic heterocycles. The van der Waals surface area contributed by atoms with Gasteiger partial charge < -0.3 is 9.84 Å². The Labute approximate surface area is 163 Å². The highest BCUT2D eigenvalue weighted by molar-refractivity contribution is 6.33. The van der Waals surface area contributed by atoms with E-state index >= 15 is 0 Å². The number of aryl methyl sites for hydroxylation is 1. The van der Waals surface area contributed by atoms with E-state index in [1.807, 2.05) is 6.92 Å². The second-order valence-corrected chi connectivity index (χ2v) is 6.38. The van der Waals surface area contributed by atoms with Crippen LogP contribution in [0.1, 0.15) is 31.8 Å². The smallest absolute Gasteiger partial charge is 0.200 e. The molecule has 0 bridgehead atoms. The van der Waals surface area contributed by atoms with Crippen molar-refractivity contribution in [1.29, 1.82) is 0 Å². The maximum atomic E-state index is 13.1. The van der Waals surface area contributed by atoms with Gasteiger partial charge in [-0.3, -0.25) is 9.59 Å². The first-order chi connectivity index (χ1) is 13.5. The van der Waals surface area contributed by atoms with Gasteiger partial charge in [-0.25, -0.2) is 0 Å². The van der Waals surface area contributed by atoms with Crippen LogP contribution in [-0.4, -0.2) is 23.8 Å². The van der Waals surface area contributed by atoms with Gasteiger partial charge in [0, 0.05) is 5.56 Å². The molecule has 0 fully saturated rings. The van der Waals surface area contributed by atoms with Crippen LogP contribution in [-0.2, 0) is 0 Å². The fraction of sp³-hybridized carbons (Fsp3) is 0.0833. The summed E-state index contributed by atoms with van der Waals surface area (Å²) in [4.78, 5) is 26.2. The lowest BCUT2D eigenvalue weighted by Gasteiger charge is -2.09. The third kappa shape index (κ3) is 4.18. The molecule has 0 saturated heterocycles. The number of allylic oxidation sites excluding steroid dienone is 1.